The van der Waals surface area contributed by atoms with E-state index in [1.165, 1.54) is 18.2 Å². The van der Waals surface area contributed by atoms with Gasteiger partial charge in [-0.15, -0.1) is 0 Å². The Bertz CT molecular complexity index is 738. The standard InChI is InChI=1S/C15H10Cl2F4N2OS/c16-15(17,21)25-22-13(24)23(11-6-2-1-3-7-11)12-8-4-5-10(9-12)14(18,19)20/h1-9H,(H,22,24). The summed E-state index contributed by atoms with van der Waals surface area (Å²) >= 11 is 10.3. The van der Waals surface area contributed by atoms with Crippen LogP contribution in [0.4, 0.5) is 33.7 Å². The molecule has 1 N–H and O–H groups in total. The fourth-order valence-corrected chi connectivity index (χ4v) is 2.45. The van der Waals surface area contributed by atoms with Crippen LogP contribution in [-0.2, 0) is 6.18 Å². The number of carbonyl (C=O) groups is 1. The van der Waals surface area contributed by atoms with E-state index in [1.54, 1.807) is 18.2 Å². The van der Waals surface area contributed by atoms with Crippen LogP contribution in [0.2, 0.25) is 0 Å². The smallest absolute Gasteiger partial charge is 0.276 e. The number of urea groups is 1. The third-order valence-corrected chi connectivity index (χ3v) is 3.87. The van der Waals surface area contributed by atoms with Gasteiger partial charge in [-0.2, -0.15) is 17.6 Å². The van der Waals surface area contributed by atoms with E-state index in [0.717, 1.165) is 23.1 Å². The van der Waals surface area contributed by atoms with Gasteiger partial charge in [0, 0.05) is 11.9 Å². The maximum Gasteiger partial charge on any atom is 0.416 e. The molecule has 2 amide bonds. The first-order valence-corrected chi connectivity index (χ1v) is 8.22. The summed E-state index contributed by atoms with van der Waals surface area (Å²) < 4.78 is 51.2. The SMILES string of the molecule is O=C(NSC(F)(Cl)Cl)N(c1ccccc1)c1cccc(C(F)(F)F)c1. The van der Waals surface area contributed by atoms with E-state index in [0.29, 0.717) is 0 Å². The summed E-state index contributed by atoms with van der Waals surface area (Å²) in [5.41, 5.74) is -0.720. The van der Waals surface area contributed by atoms with Gasteiger partial charge < -0.3 is 0 Å². The molecule has 0 radical (unpaired) electrons. The van der Waals surface area contributed by atoms with E-state index in [1.807, 2.05) is 0 Å². The van der Waals surface area contributed by atoms with Gasteiger partial charge in [-0.05, 0) is 30.3 Å². The van der Waals surface area contributed by atoms with Crippen LogP contribution in [0.15, 0.2) is 54.6 Å². The van der Waals surface area contributed by atoms with Crippen LogP contribution in [0.5, 0.6) is 0 Å². The Morgan fingerprint density at radius 3 is 2.12 bits per heavy atom. The van der Waals surface area contributed by atoms with Gasteiger partial charge in [0.15, 0.2) is 0 Å². The van der Waals surface area contributed by atoms with E-state index < -0.39 is 21.7 Å². The lowest BCUT2D eigenvalue weighted by Crippen LogP contribution is -2.34. The molecule has 0 aromatic heterocycles. The number of nitrogens with one attached hydrogen (secondary N) is 1. The van der Waals surface area contributed by atoms with Crippen molar-refractivity contribution in [1.82, 2.24) is 4.72 Å². The first-order valence-electron chi connectivity index (χ1n) is 6.65. The molecule has 0 unspecified atom stereocenters. The number of alkyl halides is 6. The van der Waals surface area contributed by atoms with Crippen LogP contribution in [0.25, 0.3) is 0 Å². The van der Waals surface area contributed by atoms with Crippen LogP contribution in [-0.4, -0.2) is 9.95 Å². The maximum atomic E-state index is 13.1. The largest absolute Gasteiger partial charge is 0.416 e. The van der Waals surface area contributed by atoms with Crippen molar-refractivity contribution in [3.63, 3.8) is 0 Å². The first kappa shape index (κ1) is 19.7. The van der Waals surface area contributed by atoms with Gasteiger partial charge in [0.2, 0.25) is 0 Å². The first-order chi connectivity index (χ1) is 11.6. The van der Waals surface area contributed by atoms with E-state index >= 15 is 0 Å². The summed E-state index contributed by atoms with van der Waals surface area (Å²) in [6, 6.07) is 11.1. The molecule has 3 nitrogen and oxygen atoms in total. The fourth-order valence-electron chi connectivity index (χ4n) is 1.93. The van der Waals surface area contributed by atoms with Gasteiger partial charge in [-0.25, -0.2) is 4.79 Å². The average Bonchev–Trinajstić information content (AvgIpc) is 2.53. The van der Waals surface area contributed by atoms with Crippen LogP contribution in [0.1, 0.15) is 5.56 Å². The summed E-state index contributed by atoms with van der Waals surface area (Å²) in [5.74, 6) is 0. The molecule has 2 rings (SSSR count). The Labute approximate surface area is 155 Å². The van der Waals surface area contributed by atoms with Crippen molar-refractivity contribution in [2.45, 2.75) is 10.1 Å². The third kappa shape index (κ3) is 5.69. The molecule has 0 bridgehead atoms. The van der Waals surface area contributed by atoms with Crippen molar-refractivity contribution < 1.29 is 22.4 Å². The van der Waals surface area contributed by atoms with Crippen molar-refractivity contribution in [2.75, 3.05) is 4.90 Å². The zero-order valence-corrected chi connectivity index (χ0v) is 14.6. The number of benzene rings is 2. The van der Waals surface area contributed by atoms with Gasteiger partial charge in [0.05, 0.1) is 16.9 Å². The Kier molecular flexibility index (Phi) is 6.08. The second-order valence-corrected chi connectivity index (χ2v) is 7.33. The molecule has 2 aromatic carbocycles. The third-order valence-electron chi connectivity index (χ3n) is 2.90. The van der Waals surface area contributed by atoms with Gasteiger partial charge >= 0.3 is 16.1 Å². The lowest BCUT2D eigenvalue weighted by atomic mass is 10.1. The minimum absolute atomic E-state index is 0.0623. The number of rotatable bonds is 4. The predicted octanol–water partition coefficient (Wildman–Crippen LogP) is 6.26. The zero-order valence-electron chi connectivity index (χ0n) is 12.2. The van der Waals surface area contributed by atoms with Crippen molar-refractivity contribution in [1.29, 1.82) is 0 Å². The van der Waals surface area contributed by atoms with Crippen LogP contribution in [0.3, 0.4) is 0 Å². The van der Waals surface area contributed by atoms with Crippen molar-refractivity contribution in [3.05, 3.63) is 60.2 Å². The Balaban J connectivity index is 2.41. The number of nitrogens with zero attached hydrogens (tertiary/aromatic N) is 1. The molecule has 2 aromatic rings. The monoisotopic (exact) mass is 412 g/mol. The Morgan fingerprint density at radius 1 is 0.960 bits per heavy atom. The van der Waals surface area contributed by atoms with Crippen molar-refractivity contribution in [2.24, 2.45) is 0 Å². The average molecular weight is 413 g/mol. The van der Waals surface area contributed by atoms with Crippen LogP contribution in [0, 0.1) is 0 Å². The predicted molar refractivity (Wildman–Crippen MR) is 91.7 cm³/mol. The highest BCUT2D eigenvalue weighted by Gasteiger charge is 2.32. The lowest BCUT2D eigenvalue weighted by molar-refractivity contribution is -0.137. The number of hydrogen-bond donors (Lipinski definition) is 1. The number of amides is 2. The van der Waals surface area contributed by atoms with Gasteiger partial charge in [0.25, 0.3) is 0 Å². The molecule has 0 spiro atoms. The number of halogens is 6. The minimum Gasteiger partial charge on any atom is -0.276 e. The molecule has 0 heterocycles. The van der Waals surface area contributed by atoms with E-state index in [2.05, 4.69) is 4.72 Å². The quantitative estimate of drug-likeness (QED) is 0.365. The number of para-hydroxylation sites is 1. The Hall–Kier alpha value is -1.64. The highest BCUT2D eigenvalue weighted by atomic mass is 35.5. The molecular weight excluding hydrogens is 403 g/mol. The van der Waals surface area contributed by atoms with E-state index in [9.17, 15) is 22.4 Å². The normalized spacial score (nSPS) is 11.9. The molecular formula is C15H10Cl2F4N2OS. The molecule has 134 valence electrons. The molecule has 0 saturated heterocycles. The number of carbonyl (C=O) groups excluding carboxylic acids is 1. The summed E-state index contributed by atoms with van der Waals surface area (Å²) in [7, 11) is 0. The maximum absolute atomic E-state index is 13.1. The molecule has 10 heteroatoms. The summed E-state index contributed by atoms with van der Waals surface area (Å²) in [6.07, 6.45) is -4.58. The second kappa shape index (κ2) is 7.72. The molecule has 0 aliphatic carbocycles. The van der Waals surface area contributed by atoms with E-state index in [4.69, 9.17) is 23.2 Å². The fraction of sp³-hybridized carbons (Fsp3) is 0.133. The minimum atomic E-state index is -4.58. The highest BCUT2D eigenvalue weighted by molar-refractivity contribution is 8.01. The van der Waals surface area contributed by atoms with Crippen LogP contribution >= 0.6 is 35.1 Å². The second-order valence-electron chi connectivity index (χ2n) is 4.67. The summed E-state index contributed by atoms with van der Waals surface area (Å²) in [6.45, 7) is 0. The number of hydrogen-bond acceptors (Lipinski definition) is 2. The lowest BCUT2D eigenvalue weighted by Gasteiger charge is -2.24. The molecule has 0 aliphatic heterocycles. The van der Waals surface area contributed by atoms with Crippen molar-refractivity contribution >= 4 is 52.6 Å². The number of anilines is 2. The van der Waals surface area contributed by atoms with Gasteiger partial charge in [-0.3, -0.25) is 9.62 Å². The Morgan fingerprint density at radius 2 is 1.56 bits per heavy atom. The topological polar surface area (TPSA) is 32.3 Å². The van der Waals surface area contributed by atoms with E-state index in [-0.39, 0.29) is 23.3 Å². The van der Waals surface area contributed by atoms with Gasteiger partial charge in [-0.1, -0.05) is 47.5 Å². The molecule has 0 saturated carbocycles. The summed E-state index contributed by atoms with van der Waals surface area (Å²) in [5, 5.41) is 0. The molecule has 0 aliphatic rings. The summed E-state index contributed by atoms with van der Waals surface area (Å²) in [4.78, 5) is 13.3. The van der Waals surface area contributed by atoms with Crippen LogP contribution < -0.4 is 9.62 Å². The zero-order chi connectivity index (χ0) is 18.7. The van der Waals surface area contributed by atoms with Gasteiger partial charge in [0.1, 0.15) is 0 Å². The molecule has 0 atom stereocenters. The van der Waals surface area contributed by atoms with Crippen molar-refractivity contribution in [3.8, 4) is 0 Å². The highest BCUT2D eigenvalue weighted by Crippen LogP contribution is 2.36. The molecule has 0 fully saturated rings. The molecule has 25 heavy (non-hydrogen) atoms.